The lowest BCUT2D eigenvalue weighted by atomic mass is 9.32. The quantitative estimate of drug-likeness (QED) is 0.162. The molecule has 2 unspecified atom stereocenters. The summed E-state index contributed by atoms with van der Waals surface area (Å²) in [5.41, 5.74) is -2.95. The molecule has 5 aliphatic carbocycles. The maximum absolute atomic E-state index is 13.1. The van der Waals surface area contributed by atoms with E-state index in [1.165, 1.54) is 0 Å². The largest absolute Gasteiger partial charge is 0.455 e. The zero-order valence-electron chi connectivity index (χ0n) is 27.4. The Morgan fingerprint density at radius 1 is 0.930 bits per heavy atom. The van der Waals surface area contributed by atoms with E-state index in [1.54, 1.807) is 19.9 Å². The Bertz CT molecular complexity index is 1190. The predicted molar refractivity (Wildman–Crippen MR) is 162 cm³/mol. The van der Waals surface area contributed by atoms with Gasteiger partial charge in [-0.05, 0) is 86.4 Å². The molecule has 0 aromatic heterocycles. The van der Waals surface area contributed by atoms with Crippen LogP contribution >= 0.6 is 0 Å². The zero-order chi connectivity index (χ0) is 32.1. The molecule has 5 rings (SSSR count). The first-order valence-electron chi connectivity index (χ1n) is 16.4. The molecule has 0 radical (unpaired) electrons. The molecule has 244 valence electrons. The van der Waals surface area contributed by atoms with E-state index in [1.807, 2.05) is 20.8 Å². The van der Waals surface area contributed by atoms with Crippen molar-refractivity contribution in [2.45, 2.75) is 124 Å². The van der Waals surface area contributed by atoms with Crippen LogP contribution in [0, 0.1) is 50.2 Å². The maximum atomic E-state index is 13.1. The number of rotatable bonds is 4. The van der Waals surface area contributed by atoms with Crippen LogP contribution in [-0.2, 0) is 9.53 Å². The second kappa shape index (κ2) is 10.4. The highest BCUT2D eigenvalue weighted by Gasteiger charge is 2.75. The topological polar surface area (TPSA) is 148 Å². The molecule has 0 aromatic carbocycles. The number of esters is 1. The number of aliphatic hydroxyl groups excluding tert-OH is 6. The van der Waals surface area contributed by atoms with Crippen LogP contribution in [0.4, 0.5) is 0 Å². The second-order valence-electron chi connectivity index (χ2n) is 16.5. The van der Waals surface area contributed by atoms with Crippen LogP contribution in [0.5, 0.6) is 0 Å². The molecular formula is C35H56O8. The molecule has 0 spiro atoms. The summed E-state index contributed by atoms with van der Waals surface area (Å²) in [6.07, 6.45) is 2.28. The van der Waals surface area contributed by atoms with Gasteiger partial charge in [0.2, 0.25) is 0 Å². The highest BCUT2D eigenvalue weighted by molar-refractivity contribution is 5.87. The van der Waals surface area contributed by atoms with Crippen molar-refractivity contribution in [2.24, 2.45) is 50.2 Å². The van der Waals surface area contributed by atoms with E-state index in [9.17, 15) is 35.4 Å². The minimum absolute atomic E-state index is 0.0805. The van der Waals surface area contributed by atoms with Crippen LogP contribution in [0.25, 0.3) is 0 Å². The van der Waals surface area contributed by atoms with Crippen LogP contribution in [0.3, 0.4) is 0 Å². The smallest absolute Gasteiger partial charge is 0.333 e. The summed E-state index contributed by atoms with van der Waals surface area (Å²) in [5.74, 6) is -0.826. The van der Waals surface area contributed by atoms with Gasteiger partial charge in [-0.2, -0.15) is 0 Å². The minimum Gasteiger partial charge on any atom is -0.455 e. The van der Waals surface area contributed by atoms with Crippen LogP contribution in [0.2, 0.25) is 0 Å². The fraction of sp³-hybridized carbons (Fsp3) is 0.857. The van der Waals surface area contributed by atoms with Crippen molar-refractivity contribution in [1.29, 1.82) is 0 Å². The molecule has 0 heterocycles. The monoisotopic (exact) mass is 604 g/mol. The molecule has 13 atom stereocenters. The Kier molecular flexibility index (Phi) is 7.97. The van der Waals surface area contributed by atoms with Crippen LogP contribution in [-0.4, -0.2) is 80.3 Å². The van der Waals surface area contributed by atoms with Gasteiger partial charge in [0.25, 0.3) is 0 Å². The molecule has 8 heteroatoms. The predicted octanol–water partition coefficient (Wildman–Crippen LogP) is 3.51. The first kappa shape index (κ1) is 33.1. The lowest BCUT2D eigenvalue weighted by Crippen LogP contribution is -2.76. The number of hydrogen-bond acceptors (Lipinski definition) is 8. The second-order valence-corrected chi connectivity index (χ2v) is 16.5. The maximum Gasteiger partial charge on any atom is 0.333 e. The average Bonchev–Trinajstić information content (AvgIpc) is 2.96. The number of allylic oxidation sites excluding steroid dienone is 2. The normalized spacial score (nSPS) is 52.6. The molecule has 0 aliphatic heterocycles. The standard InChI is InChI=1S/C35H56O8/c1-9-19(2)29(42)43-28-27(41)30(3,4)16-21-20-10-11-23-31(5)14-13-24(38)32(6,17-36)22(31)12-15-33(23,7)34(20,8)25(39)26(40)35(21,28)18-37/h9-10,21-28,36-41H,11-18H2,1-8H3/t21-,22?,23-,24+,25+,26-,27+,28+,31+,32?,33-,34+,35+/m1/s1. The molecule has 0 saturated heterocycles. The van der Waals surface area contributed by atoms with Crippen molar-refractivity contribution in [3.8, 4) is 0 Å². The molecule has 6 N–H and O–H groups in total. The average molecular weight is 605 g/mol. The minimum atomic E-state index is -1.49. The van der Waals surface area contributed by atoms with Crippen molar-refractivity contribution in [1.82, 2.24) is 0 Å². The fourth-order valence-electron chi connectivity index (χ4n) is 11.4. The van der Waals surface area contributed by atoms with E-state index in [4.69, 9.17) is 4.74 Å². The fourth-order valence-corrected chi connectivity index (χ4v) is 11.4. The van der Waals surface area contributed by atoms with E-state index in [2.05, 4.69) is 26.8 Å². The summed E-state index contributed by atoms with van der Waals surface area (Å²) in [7, 11) is 0. The van der Waals surface area contributed by atoms with Gasteiger partial charge >= 0.3 is 5.97 Å². The molecule has 4 saturated carbocycles. The van der Waals surface area contributed by atoms with Crippen molar-refractivity contribution < 1.29 is 40.2 Å². The van der Waals surface area contributed by atoms with Crippen molar-refractivity contribution >= 4 is 5.97 Å². The Morgan fingerprint density at radius 2 is 1.58 bits per heavy atom. The number of aliphatic hydroxyl groups is 6. The van der Waals surface area contributed by atoms with Crippen LogP contribution in [0.1, 0.15) is 93.9 Å². The third kappa shape index (κ3) is 3.99. The SMILES string of the molecule is CC=C(C)C(=O)O[C@H]1[C@H](O)C(C)(C)C[C@@H]2C3=CC[C@@H]4[C@@]5(C)CC[C@H](O)C(C)(CO)C5CC[C@@]4(C)[C@]3(C)[C@@H](O)[C@@H](O)[C@]21CO. The first-order valence-corrected chi connectivity index (χ1v) is 16.4. The van der Waals surface area contributed by atoms with Crippen LogP contribution < -0.4 is 0 Å². The molecule has 0 aromatic rings. The number of ether oxygens (including phenoxy) is 1. The van der Waals surface area contributed by atoms with Gasteiger partial charge in [0, 0.05) is 16.4 Å². The third-order valence-electron chi connectivity index (χ3n) is 14.6. The van der Waals surface area contributed by atoms with Crippen molar-refractivity contribution in [2.75, 3.05) is 13.2 Å². The Morgan fingerprint density at radius 3 is 2.16 bits per heavy atom. The summed E-state index contributed by atoms with van der Waals surface area (Å²) >= 11 is 0. The van der Waals surface area contributed by atoms with Crippen molar-refractivity contribution in [3.05, 3.63) is 23.3 Å². The Hall–Kier alpha value is -1.29. The Balaban J connectivity index is 1.66. The van der Waals surface area contributed by atoms with Gasteiger partial charge in [-0.25, -0.2) is 4.79 Å². The third-order valence-corrected chi connectivity index (χ3v) is 14.6. The van der Waals surface area contributed by atoms with E-state index in [0.717, 1.165) is 31.3 Å². The molecule has 43 heavy (non-hydrogen) atoms. The highest BCUT2D eigenvalue weighted by Crippen LogP contribution is 2.75. The van der Waals surface area contributed by atoms with Gasteiger partial charge in [0.1, 0.15) is 6.10 Å². The van der Waals surface area contributed by atoms with Gasteiger partial charge in [-0.15, -0.1) is 0 Å². The van der Waals surface area contributed by atoms with E-state index >= 15 is 0 Å². The molecule has 0 bridgehead atoms. The van der Waals surface area contributed by atoms with Gasteiger partial charge in [0.05, 0.1) is 43.0 Å². The summed E-state index contributed by atoms with van der Waals surface area (Å²) in [5, 5.41) is 68.9. The summed E-state index contributed by atoms with van der Waals surface area (Å²) < 4.78 is 5.99. The molecular weight excluding hydrogens is 548 g/mol. The number of fused-ring (bicyclic) bond motifs is 7. The van der Waals surface area contributed by atoms with E-state index in [0.29, 0.717) is 18.4 Å². The number of carbonyl (C=O) groups is 1. The van der Waals surface area contributed by atoms with E-state index in [-0.39, 0.29) is 23.9 Å². The van der Waals surface area contributed by atoms with Gasteiger partial charge < -0.3 is 35.4 Å². The number of carbonyl (C=O) groups excluding carboxylic acids is 1. The zero-order valence-corrected chi connectivity index (χ0v) is 27.4. The summed E-state index contributed by atoms with van der Waals surface area (Å²) in [6, 6.07) is 0. The van der Waals surface area contributed by atoms with Gasteiger partial charge in [-0.1, -0.05) is 59.3 Å². The lowest BCUT2D eigenvalue weighted by molar-refractivity contribution is -0.291. The molecule has 4 fully saturated rings. The summed E-state index contributed by atoms with van der Waals surface area (Å²) in [6.45, 7) is 15.2. The van der Waals surface area contributed by atoms with Gasteiger partial charge in [0.15, 0.2) is 0 Å². The lowest BCUT2D eigenvalue weighted by Gasteiger charge is -2.73. The first-order chi connectivity index (χ1) is 19.9. The van der Waals surface area contributed by atoms with Crippen LogP contribution in [0.15, 0.2) is 23.3 Å². The molecule has 0 amide bonds. The Labute approximate surface area is 257 Å². The number of hydrogen-bond donors (Lipinski definition) is 6. The van der Waals surface area contributed by atoms with Gasteiger partial charge in [-0.3, -0.25) is 0 Å². The molecule has 5 aliphatic rings. The van der Waals surface area contributed by atoms with Crippen molar-refractivity contribution in [3.63, 3.8) is 0 Å². The molecule has 8 nitrogen and oxygen atoms in total. The highest BCUT2D eigenvalue weighted by atomic mass is 16.6. The summed E-state index contributed by atoms with van der Waals surface area (Å²) in [4.78, 5) is 13.1. The van der Waals surface area contributed by atoms with E-state index < -0.39 is 76.1 Å².